The smallest absolute Gasteiger partial charge is 0.312 e. The quantitative estimate of drug-likeness (QED) is 0.894. The summed E-state index contributed by atoms with van der Waals surface area (Å²) in [6.45, 7) is 0. The molecule has 0 aliphatic rings. The van der Waals surface area contributed by atoms with Crippen LogP contribution in [0.5, 0.6) is 0 Å². The van der Waals surface area contributed by atoms with Crippen LogP contribution >= 0.6 is 15.9 Å². The SMILES string of the molecule is O=C(O)Cc1nc2cc(Br)ccc2o1. The number of aromatic nitrogens is 1. The van der Waals surface area contributed by atoms with Gasteiger partial charge in [0.1, 0.15) is 11.9 Å². The van der Waals surface area contributed by atoms with Crippen LogP contribution in [0, 0.1) is 0 Å². The van der Waals surface area contributed by atoms with Gasteiger partial charge in [0.2, 0.25) is 5.89 Å². The van der Waals surface area contributed by atoms with Gasteiger partial charge in [-0.1, -0.05) is 15.9 Å². The van der Waals surface area contributed by atoms with Crippen molar-refractivity contribution in [3.63, 3.8) is 0 Å². The first-order valence-electron chi connectivity index (χ1n) is 3.92. The molecule has 0 radical (unpaired) electrons. The van der Waals surface area contributed by atoms with Crippen LogP contribution < -0.4 is 0 Å². The van der Waals surface area contributed by atoms with E-state index in [9.17, 15) is 4.79 Å². The first kappa shape index (κ1) is 9.21. The molecule has 1 aromatic heterocycles. The lowest BCUT2D eigenvalue weighted by Gasteiger charge is -1.86. The van der Waals surface area contributed by atoms with Crippen LogP contribution in [0.1, 0.15) is 5.89 Å². The number of benzene rings is 1. The third kappa shape index (κ3) is 1.77. The lowest BCUT2D eigenvalue weighted by Crippen LogP contribution is -1.99. The van der Waals surface area contributed by atoms with Gasteiger partial charge < -0.3 is 9.52 Å². The molecule has 1 aromatic carbocycles. The molecule has 5 heteroatoms. The van der Waals surface area contributed by atoms with Crippen molar-refractivity contribution in [3.05, 3.63) is 28.6 Å². The van der Waals surface area contributed by atoms with Gasteiger partial charge in [0.15, 0.2) is 5.58 Å². The molecule has 4 nitrogen and oxygen atoms in total. The summed E-state index contributed by atoms with van der Waals surface area (Å²) in [6.07, 6.45) is -0.188. The van der Waals surface area contributed by atoms with Crippen LogP contribution in [0.25, 0.3) is 11.1 Å². The van der Waals surface area contributed by atoms with Gasteiger partial charge in [0.05, 0.1) is 0 Å². The first-order valence-corrected chi connectivity index (χ1v) is 4.71. The predicted molar refractivity (Wildman–Crippen MR) is 53.0 cm³/mol. The number of rotatable bonds is 2. The van der Waals surface area contributed by atoms with Gasteiger partial charge in [-0.2, -0.15) is 0 Å². The number of hydrogen-bond acceptors (Lipinski definition) is 3. The normalized spacial score (nSPS) is 10.6. The molecule has 1 N–H and O–H groups in total. The molecule has 72 valence electrons. The van der Waals surface area contributed by atoms with E-state index in [4.69, 9.17) is 9.52 Å². The second kappa shape index (κ2) is 3.42. The summed E-state index contributed by atoms with van der Waals surface area (Å²) in [5.41, 5.74) is 1.26. The predicted octanol–water partition coefficient (Wildman–Crippen LogP) is 2.22. The average Bonchev–Trinajstić information content (AvgIpc) is 2.44. The molecule has 0 aliphatic heterocycles. The van der Waals surface area contributed by atoms with E-state index in [2.05, 4.69) is 20.9 Å². The maximum atomic E-state index is 10.4. The van der Waals surface area contributed by atoms with Gasteiger partial charge in [-0.05, 0) is 18.2 Å². The van der Waals surface area contributed by atoms with Crippen molar-refractivity contribution in [1.29, 1.82) is 0 Å². The Kier molecular flexibility index (Phi) is 2.25. The Morgan fingerprint density at radius 2 is 2.36 bits per heavy atom. The first-order chi connectivity index (χ1) is 6.65. The van der Waals surface area contributed by atoms with E-state index in [1.54, 1.807) is 12.1 Å². The molecule has 0 atom stereocenters. The summed E-state index contributed by atoms with van der Waals surface area (Å²) in [5.74, 6) is -0.721. The second-order valence-electron chi connectivity index (χ2n) is 2.79. The minimum atomic E-state index is -0.948. The molecular weight excluding hydrogens is 250 g/mol. The van der Waals surface area contributed by atoms with E-state index in [0.29, 0.717) is 11.1 Å². The molecule has 0 aliphatic carbocycles. The fourth-order valence-electron chi connectivity index (χ4n) is 1.15. The van der Waals surface area contributed by atoms with Crippen molar-refractivity contribution in [2.75, 3.05) is 0 Å². The van der Waals surface area contributed by atoms with Crippen molar-refractivity contribution < 1.29 is 14.3 Å². The highest BCUT2D eigenvalue weighted by molar-refractivity contribution is 9.10. The number of carbonyl (C=O) groups is 1. The minimum absolute atomic E-state index is 0.188. The summed E-state index contributed by atoms with van der Waals surface area (Å²) in [5, 5.41) is 8.54. The molecule has 0 saturated carbocycles. The largest absolute Gasteiger partial charge is 0.481 e. The van der Waals surface area contributed by atoms with E-state index in [1.807, 2.05) is 6.07 Å². The molecule has 0 amide bonds. The van der Waals surface area contributed by atoms with Crippen molar-refractivity contribution in [1.82, 2.24) is 4.98 Å². The summed E-state index contributed by atoms with van der Waals surface area (Å²) in [4.78, 5) is 14.4. The van der Waals surface area contributed by atoms with Gasteiger partial charge in [-0.25, -0.2) is 4.98 Å². The van der Waals surface area contributed by atoms with Crippen molar-refractivity contribution in [2.45, 2.75) is 6.42 Å². The lowest BCUT2D eigenvalue weighted by atomic mass is 10.3. The molecule has 0 fully saturated rings. The maximum Gasteiger partial charge on any atom is 0.312 e. The van der Waals surface area contributed by atoms with Gasteiger partial charge in [-0.3, -0.25) is 4.79 Å². The van der Waals surface area contributed by atoms with Crippen LogP contribution in [0.4, 0.5) is 0 Å². The molecule has 0 bridgehead atoms. The third-order valence-corrected chi connectivity index (χ3v) is 2.19. The van der Waals surface area contributed by atoms with Crippen LogP contribution in [0.2, 0.25) is 0 Å². The highest BCUT2D eigenvalue weighted by atomic mass is 79.9. The van der Waals surface area contributed by atoms with Crippen molar-refractivity contribution in [2.24, 2.45) is 0 Å². The van der Waals surface area contributed by atoms with Crippen LogP contribution in [0.15, 0.2) is 27.1 Å². The number of carboxylic acid groups (broad SMARTS) is 1. The van der Waals surface area contributed by atoms with E-state index < -0.39 is 5.97 Å². The average molecular weight is 256 g/mol. The van der Waals surface area contributed by atoms with Crippen molar-refractivity contribution in [3.8, 4) is 0 Å². The molecule has 2 aromatic rings. The van der Waals surface area contributed by atoms with Gasteiger partial charge in [0.25, 0.3) is 0 Å². The fraction of sp³-hybridized carbons (Fsp3) is 0.111. The van der Waals surface area contributed by atoms with Crippen LogP contribution in [-0.2, 0) is 11.2 Å². The molecule has 1 heterocycles. The van der Waals surface area contributed by atoms with E-state index in [-0.39, 0.29) is 12.3 Å². The standard InChI is InChI=1S/C9H6BrNO3/c10-5-1-2-7-6(3-5)11-8(14-7)4-9(12)13/h1-3H,4H2,(H,12,13). The molecule has 0 saturated heterocycles. The molecule has 0 spiro atoms. The number of hydrogen-bond donors (Lipinski definition) is 1. The Morgan fingerprint density at radius 1 is 1.57 bits per heavy atom. The van der Waals surface area contributed by atoms with E-state index >= 15 is 0 Å². The zero-order chi connectivity index (χ0) is 10.1. The summed E-state index contributed by atoms with van der Waals surface area (Å²) >= 11 is 3.29. The lowest BCUT2D eigenvalue weighted by molar-refractivity contribution is -0.136. The Balaban J connectivity index is 2.46. The van der Waals surface area contributed by atoms with Crippen molar-refractivity contribution >= 4 is 33.0 Å². The number of nitrogens with zero attached hydrogens (tertiary/aromatic N) is 1. The number of fused-ring (bicyclic) bond motifs is 1. The third-order valence-electron chi connectivity index (χ3n) is 1.70. The van der Waals surface area contributed by atoms with Crippen LogP contribution in [0.3, 0.4) is 0 Å². The number of aliphatic carboxylic acids is 1. The Bertz CT molecular complexity index is 492. The number of halogens is 1. The van der Waals surface area contributed by atoms with Gasteiger partial charge in [-0.15, -0.1) is 0 Å². The molecule has 2 rings (SSSR count). The number of carboxylic acids is 1. The number of oxazole rings is 1. The highest BCUT2D eigenvalue weighted by Crippen LogP contribution is 2.20. The van der Waals surface area contributed by atoms with Crippen LogP contribution in [-0.4, -0.2) is 16.1 Å². The van der Waals surface area contributed by atoms with Gasteiger partial charge in [0, 0.05) is 4.47 Å². The van der Waals surface area contributed by atoms with E-state index in [1.165, 1.54) is 0 Å². The fourth-order valence-corrected chi connectivity index (χ4v) is 1.50. The van der Waals surface area contributed by atoms with E-state index in [0.717, 1.165) is 4.47 Å². The summed E-state index contributed by atoms with van der Waals surface area (Å²) in [6, 6.07) is 5.35. The summed E-state index contributed by atoms with van der Waals surface area (Å²) < 4.78 is 6.11. The molecule has 14 heavy (non-hydrogen) atoms. The zero-order valence-corrected chi connectivity index (χ0v) is 8.61. The van der Waals surface area contributed by atoms with Gasteiger partial charge >= 0.3 is 5.97 Å². The Hall–Kier alpha value is -1.36. The Labute approximate surface area is 87.7 Å². The molecule has 0 unspecified atom stereocenters. The summed E-state index contributed by atoms with van der Waals surface area (Å²) in [7, 11) is 0. The highest BCUT2D eigenvalue weighted by Gasteiger charge is 2.09. The minimum Gasteiger partial charge on any atom is -0.481 e. The zero-order valence-electron chi connectivity index (χ0n) is 7.03. The Morgan fingerprint density at radius 3 is 3.07 bits per heavy atom. The topological polar surface area (TPSA) is 63.3 Å². The monoisotopic (exact) mass is 255 g/mol. The molecular formula is C9H6BrNO3. The second-order valence-corrected chi connectivity index (χ2v) is 3.71. The maximum absolute atomic E-state index is 10.4.